The molecule has 2 heterocycles. The van der Waals surface area contributed by atoms with Crippen molar-refractivity contribution in [1.82, 2.24) is 9.97 Å². The summed E-state index contributed by atoms with van der Waals surface area (Å²) < 4.78 is 24.2. The fourth-order valence-electron chi connectivity index (χ4n) is 2.79. The van der Waals surface area contributed by atoms with Crippen LogP contribution in [0.4, 0.5) is 0 Å². The van der Waals surface area contributed by atoms with E-state index in [0.717, 1.165) is 0 Å². The average Bonchev–Trinajstić information content (AvgIpc) is 2.76. The molecule has 0 unspecified atom stereocenters. The van der Waals surface area contributed by atoms with Crippen molar-refractivity contribution in [3.8, 4) is 23.3 Å². The van der Waals surface area contributed by atoms with Crippen molar-refractivity contribution in [2.45, 2.75) is 11.5 Å². The lowest BCUT2D eigenvalue weighted by atomic mass is 10.3. The topological polar surface area (TPSA) is 61.3 Å². The second-order valence-corrected chi connectivity index (χ2v) is 7.95. The molecular weight excluding hydrogens is 396 g/mol. The van der Waals surface area contributed by atoms with Crippen molar-refractivity contribution in [1.29, 1.82) is 0 Å². The number of hydrogen-bond donors (Lipinski definition) is 0. The lowest BCUT2D eigenvalue weighted by Crippen LogP contribution is -2.03. The second-order valence-electron chi connectivity index (χ2n) is 6.49. The fraction of sp³-hybridized carbons (Fsp3) is 0.0833. The van der Waals surface area contributed by atoms with Crippen LogP contribution in [-0.2, 0) is 22.3 Å². The van der Waals surface area contributed by atoms with Crippen LogP contribution in [-0.4, -0.2) is 14.2 Å². The molecule has 30 heavy (non-hydrogen) atoms. The van der Waals surface area contributed by atoms with E-state index < -0.39 is 10.8 Å². The zero-order chi connectivity index (χ0) is 20.6. The zero-order valence-corrected chi connectivity index (χ0v) is 17.0. The molecule has 2 aromatic carbocycles. The number of rotatable bonds is 8. The largest absolute Gasteiger partial charge is 0.439 e. The van der Waals surface area contributed by atoms with Gasteiger partial charge in [-0.2, -0.15) is 0 Å². The smallest absolute Gasteiger partial charge is 0.219 e. The molecule has 2 aromatic heterocycles. The summed E-state index contributed by atoms with van der Waals surface area (Å²) >= 11 is 0. The van der Waals surface area contributed by atoms with Crippen LogP contribution in [0.25, 0.3) is 0 Å². The Kier molecular flexibility index (Phi) is 6.47. The molecule has 4 aromatic rings. The van der Waals surface area contributed by atoms with E-state index >= 15 is 0 Å². The minimum absolute atomic E-state index is 0.317. The summed E-state index contributed by atoms with van der Waals surface area (Å²) in [6.45, 7) is 0. The number of benzene rings is 2. The maximum Gasteiger partial charge on any atom is 0.219 e. The quantitative estimate of drug-likeness (QED) is 0.379. The van der Waals surface area contributed by atoms with E-state index in [2.05, 4.69) is 9.97 Å². The number of para-hydroxylation sites is 2. The predicted octanol–water partition coefficient (Wildman–Crippen LogP) is 5.51. The first-order chi connectivity index (χ1) is 14.7. The predicted molar refractivity (Wildman–Crippen MR) is 117 cm³/mol. The Bertz CT molecular complexity index is 1030. The zero-order valence-electron chi connectivity index (χ0n) is 16.2. The number of hydrogen-bond acceptors (Lipinski definition) is 5. The number of aromatic nitrogens is 2. The van der Waals surface area contributed by atoms with Gasteiger partial charge >= 0.3 is 0 Å². The lowest BCUT2D eigenvalue weighted by molar-refractivity contribution is 0.461. The molecule has 0 N–H and O–H groups in total. The Morgan fingerprint density at radius 1 is 0.567 bits per heavy atom. The Balaban J connectivity index is 1.38. The third-order valence-electron chi connectivity index (χ3n) is 4.11. The highest BCUT2D eigenvalue weighted by molar-refractivity contribution is 7.83. The SMILES string of the molecule is O=S(Cc1cccc(Oc2ccccc2)n1)Cc1cccc(Oc2ccccc2)n1. The molecule has 0 aliphatic rings. The van der Waals surface area contributed by atoms with Crippen molar-refractivity contribution in [2.24, 2.45) is 0 Å². The van der Waals surface area contributed by atoms with Gasteiger partial charge in [-0.1, -0.05) is 48.5 Å². The fourth-order valence-corrected chi connectivity index (χ4v) is 3.87. The highest BCUT2D eigenvalue weighted by Gasteiger charge is 2.09. The van der Waals surface area contributed by atoms with Crippen LogP contribution in [0.2, 0.25) is 0 Å². The lowest BCUT2D eigenvalue weighted by Gasteiger charge is -2.08. The molecule has 150 valence electrons. The molecule has 0 radical (unpaired) electrons. The van der Waals surface area contributed by atoms with Crippen LogP contribution in [0.1, 0.15) is 11.4 Å². The third kappa shape index (κ3) is 5.75. The van der Waals surface area contributed by atoms with Gasteiger partial charge in [0.15, 0.2) is 0 Å². The van der Waals surface area contributed by atoms with Crippen LogP contribution >= 0.6 is 0 Å². The molecule has 4 rings (SSSR count). The maximum absolute atomic E-state index is 12.7. The molecule has 0 spiro atoms. The second kappa shape index (κ2) is 9.80. The number of pyridine rings is 2. The molecule has 0 bridgehead atoms. The average molecular weight is 417 g/mol. The van der Waals surface area contributed by atoms with E-state index in [4.69, 9.17) is 9.47 Å². The van der Waals surface area contributed by atoms with Gasteiger partial charge in [0, 0.05) is 22.9 Å². The first kappa shape index (κ1) is 19.8. The van der Waals surface area contributed by atoms with Crippen molar-refractivity contribution >= 4 is 10.8 Å². The molecule has 0 fully saturated rings. The van der Waals surface area contributed by atoms with Gasteiger partial charge in [0.05, 0.1) is 22.9 Å². The standard InChI is InChI=1S/C24H20N2O3S/c27-30(17-19-9-7-15-23(25-19)28-21-11-3-1-4-12-21)18-20-10-8-16-24(26-20)29-22-13-5-2-6-14-22/h1-16H,17-18H2. The Morgan fingerprint density at radius 3 is 1.43 bits per heavy atom. The van der Waals surface area contributed by atoms with Gasteiger partial charge < -0.3 is 9.47 Å². The summed E-state index contributed by atoms with van der Waals surface area (Å²) in [7, 11) is -1.17. The van der Waals surface area contributed by atoms with Crippen LogP contribution in [0.3, 0.4) is 0 Å². The molecule has 5 nitrogen and oxygen atoms in total. The van der Waals surface area contributed by atoms with Crippen LogP contribution in [0.15, 0.2) is 97.1 Å². The van der Waals surface area contributed by atoms with Crippen LogP contribution < -0.4 is 9.47 Å². The maximum atomic E-state index is 12.7. The van der Waals surface area contributed by atoms with Crippen molar-refractivity contribution in [2.75, 3.05) is 0 Å². The molecular formula is C24H20N2O3S. The molecule has 0 atom stereocenters. The molecule has 0 saturated heterocycles. The van der Waals surface area contributed by atoms with Gasteiger partial charge in [0.2, 0.25) is 11.8 Å². The number of nitrogens with zero attached hydrogens (tertiary/aromatic N) is 2. The summed E-state index contributed by atoms with van der Waals surface area (Å²) in [4.78, 5) is 8.93. The van der Waals surface area contributed by atoms with Crippen molar-refractivity contribution in [3.05, 3.63) is 108 Å². The Hall–Kier alpha value is -3.51. The summed E-state index contributed by atoms with van der Waals surface area (Å²) in [5.41, 5.74) is 1.41. The Morgan fingerprint density at radius 2 is 1.00 bits per heavy atom. The van der Waals surface area contributed by atoms with Crippen LogP contribution in [0.5, 0.6) is 23.3 Å². The van der Waals surface area contributed by atoms with Gasteiger partial charge in [-0.25, -0.2) is 9.97 Å². The summed E-state index contributed by atoms with van der Waals surface area (Å²) in [6, 6.07) is 29.9. The third-order valence-corrected chi connectivity index (χ3v) is 5.35. The van der Waals surface area contributed by atoms with Crippen molar-refractivity contribution < 1.29 is 13.7 Å². The van der Waals surface area contributed by atoms with E-state index in [1.165, 1.54) is 0 Å². The summed E-state index contributed by atoms with van der Waals surface area (Å²) in [6.07, 6.45) is 0. The highest BCUT2D eigenvalue weighted by atomic mass is 32.2. The van der Waals surface area contributed by atoms with Gasteiger partial charge in [-0.05, 0) is 36.4 Å². The molecule has 0 aliphatic carbocycles. The van der Waals surface area contributed by atoms with Gasteiger partial charge in [0.25, 0.3) is 0 Å². The molecule has 0 saturated carbocycles. The van der Waals surface area contributed by atoms with E-state index in [9.17, 15) is 4.21 Å². The number of ether oxygens (including phenoxy) is 2. The minimum atomic E-state index is -1.17. The van der Waals surface area contributed by atoms with E-state index in [-0.39, 0.29) is 0 Å². The summed E-state index contributed by atoms with van der Waals surface area (Å²) in [5.74, 6) is 3.01. The Labute approximate surface area is 177 Å². The monoisotopic (exact) mass is 416 g/mol. The minimum Gasteiger partial charge on any atom is -0.439 e. The van der Waals surface area contributed by atoms with E-state index in [1.54, 1.807) is 12.1 Å². The normalized spacial score (nSPS) is 10.7. The van der Waals surface area contributed by atoms with Gasteiger partial charge in [-0.3, -0.25) is 4.21 Å². The molecule has 6 heteroatoms. The highest BCUT2D eigenvalue weighted by Crippen LogP contribution is 2.21. The first-order valence-corrected chi connectivity index (χ1v) is 11.0. The van der Waals surface area contributed by atoms with E-state index in [0.29, 0.717) is 46.2 Å². The first-order valence-electron chi connectivity index (χ1n) is 9.47. The molecule has 0 amide bonds. The summed E-state index contributed by atoms with van der Waals surface area (Å²) in [5, 5.41) is 0. The van der Waals surface area contributed by atoms with Gasteiger partial charge in [-0.15, -0.1) is 0 Å². The van der Waals surface area contributed by atoms with Crippen molar-refractivity contribution in [3.63, 3.8) is 0 Å². The van der Waals surface area contributed by atoms with Gasteiger partial charge in [0.1, 0.15) is 11.5 Å². The van der Waals surface area contributed by atoms with Crippen LogP contribution in [0, 0.1) is 0 Å². The molecule has 0 aliphatic heterocycles. The van der Waals surface area contributed by atoms with E-state index in [1.807, 2.05) is 84.9 Å².